The summed E-state index contributed by atoms with van der Waals surface area (Å²) in [5, 5.41) is 2.31. The van der Waals surface area contributed by atoms with Gasteiger partial charge in [0.2, 0.25) is 11.8 Å². The molecule has 1 N–H and O–H groups in total. The molecule has 31 heavy (non-hydrogen) atoms. The lowest BCUT2D eigenvalue weighted by Gasteiger charge is -2.29. The molecule has 160 valence electrons. The van der Waals surface area contributed by atoms with Gasteiger partial charge in [0.15, 0.2) is 17.6 Å². The van der Waals surface area contributed by atoms with Gasteiger partial charge in [-0.2, -0.15) is 0 Å². The van der Waals surface area contributed by atoms with Gasteiger partial charge in [-0.15, -0.1) is 0 Å². The average Bonchev–Trinajstić information content (AvgIpc) is 3.11. The lowest BCUT2D eigenvalue weighted by Crippen LogP contribution is -2.52. The average molecular weight is 422 g/mol. The van der Waals surface area contributed by atoms with E-state index < -0.39 is 11.9 Å². The summed E-state index contributed by atoms with van der Waals surface area (Å²) < 4.78 is 17.8. The molecule has 0 radical (unpaired) electrons. The van der Waals surface area contributed by atoms with E-state index in [1.165, 1.54) is 4.90 Å². The maximum absolute atomic E-state index is 12.9. The number of carbonyl (C=O) groups excluding carboxylic acids is 3. The maximum Gasteiger partial charge on any atom is 0.255 e. The molecule has 0 aliphatic carbocycles. The first-order chi connectivity index (χ1) is 15.1. The minimum Gasteiger partial charge on any atom is -0.485 e. The van der Waals surface area contributed by atoms with Crippen LogP contribution in [0.1, 0.15) is 34.3 Å². The largest absolute Gasteiger partial charge is 0.485 e. The molecular weight excluding hydrogens is 400 g/mol. The molecule has 5 rings (SSSR count). The second-order valence-corrected chi connectivity index (χ2v) is 7.87. The molecule has 1 saturated heterocycles. The van der Waals surface area contributed by atoms with Gasteiger partial charge in [-0.05, 0) is 24.1 Å². The Bertz CT molecular complexity index is 1040. The fraction of sp³-hybridized carbons (Fsp3) is 0.348. The van der Waals surface area contributed by atoms with Crippen molar-refractivity contribution in [1.82, 2.24) is 10.2 Å². The van der Waals surface area contributed by atoms with Crippen molar-refractivity contribution in [2.24, 2.45) is 0 Å². The Balaban J connectivity index is 1.25. The molecule has 2 aromatic rings. The van der Waals surface area contributed by atoms with Gasteiger partial charge in [0.1, 0.15) is 12.6 Å². The number of ether oxygens (including phenoxy) is 3. The molecule has 0 aromatic heterocycles. The van der Waals surface area contributed by atoms with E-state index >= 15 is 0 Å². The van der Waals surface area contributed by atoms with Crippen LogP contribution in [0.15, 0.2) is 42.5 Å². The number of nitrogens with one attached hydrogen (secondary N) is 1. The monoisotopic (exact) mass is 422 g/mol. The van der Waals surface area contributed by atoms with Gasteiger partial charge in [0.25, 0.3) is 5.91 Å². The smallest absolute Gasteiger partial charge is 0.255 e. The van der Waals surface area contributed by atoms with Crippen LogP contribution in [-0.2, 0) is 27.5 Å². The van der Waals surface area contributed by atoms with Crippen LogP contribution in [0.25, 0.3) is 0 Å². The number of hydrogen-bond acceptors (Lipinski definition) is 6. The van der Waals surface area contributed by atoms with Crippen LogP contribution in [-0.4, -0.2) is 48.0 Å². The number of imide groups is 1. The van der Waals surface area contributed by atoms with E-state index in [-0.39, 0.29) is 30.9 Å². The van der Waals surface area contributed by atoms with Gasteiger partial charge >= 0.3 is 0 Å². The first-order valence-corrected chi connectivity index (χ1v) is 10.3. The first kappa shape index (κ1) is 19.6. The third kappa shape index (κ3) is 3.74. The quantitative estimate of drug-likeness (QED) is 0.739. The summed E-state index contributed by atoms with van der Waals surface area (Å²) in [7, 11) is 0. The van der Waals surface area contributed by atoms with Gasteiger partial charge in [-0.3, -0.25) is 19.7 Å². The van der Waals surface area contributed by atoms with Crippen LogP contribution in [0.4, 0.5) is 0 Å². The summed E-state index contributed by atoms with van der Waals surface area (Å²) in [5.41, 5.74) is 2.31. The van der Waals surface area contributed by atoms with Crippen LogP contribution in [0.3, 0.4) is 0 Å². The Morgan fingerprint density at radius 3 is 2.74 bits per heavy atom. The second kappa shape index (κ2) is 8.03. The molecule has 0 bridgehead atoms. The Hall–Kier alpha value is -3.39. The highest BCUT2D eigenvalue weighted by Gasteiger charge is 2.41. The van der Waals surface area contributed by atoms with Crippen molar-refractivity contribution in [3.05, 3.63) is 59.2 Å². The lowest BCUT2D eigenvalue weighted by molar-refractivity contribution is -0.136. The molecule has 2 aromatic carbocycles. The molecule has 3 aliphatic rings. The van der Waals surface area contributed by atoms with Gasteiger partial charge in [0.05, 0.1) is 19.8 Å². The van der Waals surface area contributed by atoms with E-state index in [0.29, 0.717) is 43.3 Å². The molecule has 8 nitrogen and oxygen atoms in total. The topological polar surface area (TPSA) is 94.2 Å². The predicted molar refractivity (Wildman–Crippen MR) is 108 cm³/mol. The van der Waals surface area contributed by atoms with E-state index in [2.05, 4.69) is 5.32 Å². The first-order valence-electron chi connectivity index (χ1n) is 10.3. The number of amides is 3. The summed E-state index contributed by atoms with van der Waals surface area (Å²) in [6, 6.07) is 12.7. The molecule has 8 heteroatoms. The van der Waals surface area contributed by atoms with E-state index in [0.717, 1.165) is 11.1 Å². The van der Waals surface area contributed by atoms with Crippen LogP contribution < -0.4 is 14.8 Å². The lowest BCUT2D eigenvalue weighted by atomic mass is 10.0. The van der Waals surface area contributed by atoms with Crippen molar-refractivity contribution >= 4 is 17.7 Å². The van der Waals surface area contributed by atoms with Gasteiger partial charge in [-0.1, -0.05) is 30.3 Å². The van der Waals surface area contributed by atoms with Crippen molar-refractivity contribution in [2.45, 2.75) is 38.1 Å². The standard InChI is InChI=1S/C23H22N2O6/c26-20-9-7-18(22(27)24-20)25-10-17-16(23(25)28)6-8-19-21(17)30-13-15(31-19)12-29-11-14-4-2-1-3-5-14/h1-6,8,15,18H,7,9-13H2,(H,24,26,27)/t15-,18+/m1/s1. The Morgan fingerprint density at radius 2 is 1.94 bits per heavy atom. The molecule has 3 heterocycles. The molecule has 3 amide bonds. The van der Waals surface area contributed by atoms with Crippen LogP contribution in [0.5, 0.6) is 11.5 Å². The number of benzene rings is 2. The zero-order chi connectivity index (χ0) is 21.4. The number of piperidine rings is 1. The SMILES string of the molecule is O=C1CC[C@H](N2Cc3c(ccc4c3OC[C@@H](COCc3ccccc3)O4)C2=O)C(=O)N1. The summed E-state index contributed by atoms with van der Waals surface area (Å²) in [6.07, 6.45) is 0.293. The van der Waals surface area contributed by atoms with Crippen molar-refractivity contribution in [3.63, 3.8) is 0 Å². The Morgan fingerprint density at radius 1 is 1.10 bits per heavy atom. The Labute approximate surface area is 179 Å². The molecule has 0 spiro atoms. The normalized spacial score (nSPS) is 22.3. The summed E-state index contributed by atoms with van der Waals surface area (Å²) in [5.74, 6) is 0.138. The van der Waals surface area contributed by atoms with E-state index in [9.17, 15) is 14.4 Å². The van der Waals surface area contributed by atoms with E-state index in [1.807, 2.05) is 30.3 Å². The van der Waals surface area contributed by atoms with Crippen molar-refractivity contribution in [3.8, 4) is 11.5 Å². The van der Waals surface area contributed by atoms with Crippen LogP contribution in [0, 0.1) is 0 Å². The molecule has 0 saturated carbocycles. The van der Waals surface area contributed by atoms with Gasteiger partial charge in [0, 0.05) is 17.5 Å². The second-order valence-electron chi connectivity index (χ2n) is 7.87. The fourth-order valence-electron chi connectivity index (χ4n) is 4.20. The molecule has 3 aliphatic heterocycles. The van der Waals surface area contributed by atoms with Crippen molar-refractivity contribution in [1.29, 1.82) is 0 Å². The summed E-state index contributed by atoms with van der Waals surface area (Å²) in [4.78, 5) is 38.1. The number of fused-ring (bicyclic) bond motifs is 3. The highest BCUT2D eigenvalue weighted by molar-refractivity contribution is 6.05. The number of rotatable bonds is 5. The Kier molecular flexibility index (Phi) is 5.07. The molecule has 1 fully saturated rings. The molecular formula is C23H22N2O6. The summed E-state index contributed by atoms with van der Waals surface area (Å²) in [6.45, 7) is 1.44. The fourth-order valence-corrected chi connectivity index (χ4v) is 4.20. The molecule has 2 atom stereocenters. The third-order valence-electron chi connectivity index (χ3n) is 5.75. The zero-order valence-corrected chi connectivity index (χ0v) is 16.8. The minimum absolute atomic E-state index is 0.221. The summed E-state index contributed by atoms with van der Waals surface area (Å²) >= 11 is 0. The molecule has 0 unspecified atom stereocenters. The van der Waals surface area contributed by atoms with Crippen molar-refractivity contribution < 1.29 is 28.6 Å². The maximum atomic E-state index is 12.9. The highest BCUT2D eigenvalue weighted by atomic mass is 16.6. The number of nitrogens with zero attached hydrogens (tertiary/aromatic N) is 1. The van der Waals surface area contributed by atoms with Crippen molar-refractivity contribution in [2.75, 3.05) is 13.2 Å². The van der Waals surface area contributed by atoms with Gasteiger partial charge < -0.3 is 19.1 Å². The third-order valence-corrected chi connectivity index (χ3v) is 5.75. The predicted octanol–water partition coefficient (Wildman–Crippen LogP) is 1.80. The number of carbonyl (C=O) groups is 3. The van der Waals surface area contributed by atoms with Crippen LogP contribution in [0.2, 0.25) is 0 Å². The van der Waals surface area contributed by atoms with E-state index in [4.69, 9.17) is 14.2 Å². The zero-order valence-electron chi connectivity index (χ0n) is 16.8. The van der Waals surface area contributed by atoms with Gasteiger partial charge in [-0.25, -0.2) is 0 Å². The highest BCUT2D eigenvalue weighted by Crippen LogP contribution is 2.42. The van der Waals surface area contributed by atoms with E-state index in [1.54, 1.807) is 12.1 Å². The van der Waals surface area contributed by atoms with Crippen LogP contribution >= 0.6 is 0 Å². The number of hydrogen-bond donors (Lipinski definition) is 1. The minimum atomic E-state index is -0.656.